The van der Waals surface area contributed by atoms with Crippen molar-refractivity contribution in [3.8, 4) is 17.2 Å². The number of likely N-dealkylation sites (tertiary alicyclic amines) is 1. The minimum absolute atomic E-state index is 0.0408. The molecule has 6 amide bonds. The second-order valence-corrected chi connectivity index (χ2v) is 22.4. The van der Waals surface area contributed by atoms with Crippen LogP contribution in [0.3, 0.4) is 0 Å². The van der Waals surface area contributed by atoms with Crippen molar-refractivity contribution in [3.63, 3.8) is 0 Å². The third kappa shape index (κ3) is 16.6. The van der Waals surface area contributed by atoms with E-state index < -0.39 is 41.3 Å². The summed E-state index contributed by atoms with van der Waals surface area (Å²) in [5, 5.41) is 30.0. The Morgan fingerprint density at radius 3 is 2.23 bits per heavy atom. The molecular formula is C60H82FN13O10. The maximum Gasteiger partial charge on any atom is 0.254 e. The second-order valence-electron chi connectivity index (χ2n) is 22.4. The Balaban J connectivity index is 0.780. The first-order valence-corrected chi connectivity index (χ1v) is 28.9. The summed E-state index contributed by atoms with van der Waals surface area (Å²) in [6.07, 6.45) is 4.01. The highest BCUT2D eigenvalue weighted by atomic mass is 19.1. The number of hydrogen-bond acceptors (Lipinski definition) is 16. The number of ether oxygens (including phenoxy) is 4. The van der Waals surface area contributed by atoms with E-state index in [0.717, 1.165) is 12.0 Å². The van der Waals surface area contributed by atoms with E-state index in [0.29, 0.717) is 66.2 Å². The molecule has 0 unspecified atom stereocenters. The number of amides is 6. The fraction of sp³-hybridized carbons (Fsp3) is 0.550. The molecular weight excluding hydrogens is 1080 g/mol. The number of halogens is 1. The number of nitriles is 1. The molecule has 7 rings (SSSR count). The Hall–Kier alpha value is -7.56. The zero-order valence-electron chi connectivity index (χ0n) is 49.3. The molecule has 23 nitrogen and oxygen atoms in total. The Bertz CT molecular complexity index is 2970. The number of fused-ring (bicyclic) bond motifs is 8. The molecule has 7 N–H and O–H groups in total. The normalized spacial score (nSPS) is 17.8. The SMILES string of the molecule is CC[C@H](NC(=O)[C@H]1C[C@@H](NC(=O)CCOCCOCCOCCOCCC(=O)NCCn2nc3c(c2C#N)-c2cnc(N)c(c2)N2CCC[C@@H]2c2cc(F)ccc2C(=O)N(C)C3)CN1C(=O)[C@H](NC(=O)[C@@H](C)NC)C(C)(C)C)c1ccccc1. The van der Waals surface area contributed by atoms with Crippen molar-refractivity contribution < 1.29 is 52.1 Å². The van der Waals surface area contributed by atoms with Gasteiger partial charge >= 0.3 is 0 Å². The van der Waals surface area contributed by atoms with Crippen LogP contribution in [0.5, 0.6) is 0 Å². The molecule has 6 atom stereocenters. The summed E-state index contributed by atoms with van der Waals surface area (Å²) in [4.78, 5) is 90.8. The van der Waals surface area contributed by atoms with E-state index in [9.17, 15) is 38.4 Å². The fourth-order valence-electron chi connectivity index (χ4n) is 10.7. The smallest absolute Gasteiger partial charge is 0.254 e. The topological polar surface area (TPSA) is 290 Å². The van der Waals surface area contributed by atoms with Gasteiger partial charge in [-0.15, -0.1) is 0 Å². The van der Waals surface area contributed by atoms with E-state index >= 15 is 0 Å². The van der Waals surface area contributed by atoms with Crippen LogP contribution >= 0.6 is 0 Å². The molecule has 3 aliphatic heterocycles. The Labute approximate surface area is 490 Å². The predicted octanol–water partition coefficient (Wildman–Crippen LogP) is 3.92. The highest BCUT2D eigenvalue weighted by molar-refractivity contribution is 5.97. The Morgan fingerprint density at radius 1 is 0.917 bits per heavy atom. The molecule has 0 spiro atoms. The van der Waals surface area contributed by atoms with Crippen LogP contribution in [0.1, 0.15) is 118 Å². The molecule has 0 aliphatic carbocycles. The molecule has 84 heavy (non-hydrogen) atoms. The summed E-state index contributed by atoms with van der Waals surface area (Å²) in [7, 11) is 3.30. The van der Waals surface area contributed by atoms with Crippen LogP contribution in [0.25, 0.3) is 11.1 Å². The molecule has 0 saturated carbocycles. The standard InChI is InChI=1S/C60H82FN13O10/c1-8-45(39-13-10-9-11-14-39)68-57(78)49-33-42(36-73(49)59(80)54(60(3,4)5)69-56(77)38(2)64-6)67-52(76)19-24-82-26-28-84-30-29-83-27-25-81-23-18-51(75)65-20-22-74-50(34-62)53-40-31-48(55(63)66-35-40)72-21-12-15-47(72)44-32-41(61)16-17-43(44)58(79)71(7)37-46(53)70-74/h9-11,13-14,16-17,31-32,35,38,42,45,47,49,54,64H,8,12,15,18-30,33,36-37H2,1-7H3,(H2,63,66)(H,65,75)(H,67,76)(H,68,78)(H,69,77)/t38-,42-,45+,47-,49-,54+/m1/s1. The van der Waals surface area contributed by atoms with Crippen LogP contribution in [0.2, 0.25) is 0 Å². The molecule has 2 fully saturated rings. The molecule has 24 heteroatoms. The van der Waals surface area contributed by atoms with Crippen LogP contribution in [-0.2, 0) is 56.0 Å². The van der Waals surface area contributed by atoms with Crippen molar-refractivity contribution in [1.82, 2.24) is 51.1 Å². The van der Waals surface area contributed by atoms with Gasteiger partial charge < -0.3 is 66.0 Å². The van der Waals surface area contributed by atoms with Gasteiger partial charge in [0.25, 0.3) is 5.91 Å². The van der Waals surface area contributed by atoms with Crippen molar-refractivity contribution in [2.24, 2.45) is 5.41 Å². The van der Waals surface area contributed by atoms with Crippen molar-refractivity contribution in [2.75, 3.05) is 97.2 Å². The predicted molar refractivity (Wildman–Crippen MR) is 311 cm³/mol. The van der Waals surface area contributed by atoms with Gasteiger partial charge in [0.15, 0.2) is 0 Å². The third-order valence-corrected chi connectivity index (χ3v) is 15.3. The first-order chi connectivity index (χ1) is 40.3. The lowest BCUT2D eigenvalue weighted by Gasteiger charge is -2.36. The Kier molecular flexibility index (Phi) is 23.1. The van der Waals surface area contributed by atoms with Crippen molar-refractivity contribution in [1.29, 1.82) is 5.26 Å². The van der Waals surface area contributed by atoms with E-state index in [-0.39, 0.29) is 138 Å². The first kappa shape index (κ1) is 64.0. The summed E-state index contributed by atoms with van der Waals surface area (Å²) in [5.74, 6) is -2.13. The number of pyridine rings is 1. The molecule has 2 aromatic heterocycles. The van der Waals surface area contributed by atoms with E-state index in [1.165, 1.54) is 32.7 Å². The first-order valence-electron chi connectivity index (χ1n) is 28.9. The second kappa shape index (κ2) is 30.3. The van der Waals surface area contributed by atoms with Crippen LogP contribution in [0, 0.1) is 22.6 Å². The van der Waals surface area contributed by atoms with E-state index in [4.69, 9.17) is 29.8 Å². The molecule has 4 aromatic rings. The number of likely N-dealkylation sites (N-methyl/N-ethyl adjacent to an activating group) is 1. The summed E-state index contributed by atoms with van der Waals surface area (Å²) >= 11 is 0. The maximum atomic E-state index is 14.7. The maximum absolute atomic E-state index is 14.7. The summed E-state index contributed by atoms with van der Waals surface area (Å²) in [6.45, 7) is 12.2. The van der Waals surface area contributed by atoms with Crippen LogP contribution in [0.4, 0.5) is 15.9 Å². The molecule has 3 aliphatic rings. The van der Waals surface area contributed by atoms with E-state index in [1.54, 1.807) is 27.2 Å². The van der Waals surface area contributed by atoms with E-state index in [2.05, 4.69) is 37.6 Å². The van der Waals surface area contributed by atoms with Gasteiger partial charge in [-0.1, -0.05) is 58.0 Å². The van der Waals surface area contributed by atoms with Gasteiger partial charge in [-0.25, -0.2) is 9.37 Å². The van der Waals surface area contributed by atoms with Crippen molar-refractivity contribution in [3.05, 3.63) is 94.7 Å². The lowest BCUT2D eigenvalue weighted by molar-refractivity contribution is -0.144. The summed E-state index contributed by atoms with van der Waals surface area (Å²) in [6, 6.07) is 14.4. The molecule has 2 saturated heterocycles. The lowest BCUT2D eigenvalue weighted by Crippen LogP contribution is -2.59. The molecule has 2 aromatic carbocycles. The largest absolute Gasteiger partial charge is 0.382 e. The van der Waals surface area contributed by atoms with Gasteiger partial charge in [0.2, 0.25) is 29.5 Å². The highest BCUT2D eigenvalue weighted by Crippen LogP contribution is 2.43. The number of nitrogens with zero attached hydrogens (tertiary/aromatic N) is 7. The van der Waals surface area contributed by atoms with Crippen LogP contribution in [-0.4, -0.2) is 171 Å². The van der Waals surface area contributed by atoms with Crippen LogP contribution < -0.4 is 37.2 Å². The van der Waals surface area contributed by atoms with Crippen molar-refractivity contribution >= 4 is 46.9 Å². The van der Waals surface area contributed by atoms with Gasteiger partial charge in [-0.05, 0) is 80.5 Å². The number of nitrogens with two attached hydrogens (primary N) is 1. The third-order valence-electron chi connectivity index (χ3n) is 15.3. The fourth-order valence-corrected chi connectivity index (χ4v) is 10.7. The molecule has 454 valence electrons. The minimum Gasteiger partial charge on any atom is -0.382 e. The number of benzene rings is 2. The number of rotatable bonds is 27. The number of aromatic nitrogens is 3. The quantitative estimate of drug-likeness (QED) is 0.0462. The molecule has 5 heterocycles. The minimum atomic E-state index is -0.938. The Morgan fingerprint density at radius 2 is 1.58 bits per heavy atom. The monoisotopic (exact) mass is 1160 g/mol. The number of nitrogen functional groups attached to an aromatic ring is 1. The van der Waals surface area contributed by atoms with Gasteiger partial charge in [0.05, 0.1) is 95.5 Å². The number of hydrogen-bond donors (Lipinski definition) is 6. The number of carbonyl (C=O) groups is 6. The number of carbonyl (C=O) groups excluding carboxylic acids is 6. The zero-order valence-corrected chi connectivity index (χ0v) is 49.3. The average Bonchev–Trinajstić information content (AvgIpc) is 2.53. The number of nitrogens with one attached hydrogen (secondary N) is 5. The van der Waals surface area contributed by atoms with Crippen molar-refractivity contribution in [2.45, 2.75) is 122 Å². The van der Waals surface area contributed by atoms with E-state index in [1.807, 2.05) is 69.0 Å². The average molecular weight is 1160 g/mol. The van der Waals surface area contributed by atoms with Gasteiger partial charge in [-0.3, -0.25) is 33.4 Å². The molecule has 0 radical (unpaired) electrons. The summed E-state index contributed by atoms with van der Waals surface area (Å²) in [5.41, 5.74) is 10.0. The van der Waals surface area contributed by atoms with Gasteiger partial charge in [0, 0.05) is 68.5 Å². The van der Waals surface area contributed by atoms with Crippen LogP contribution in [0.15, 0.2) is 60.8 Å². The molecule has 2 bridgehead atoms. The number of anilines is 2. The van der Waals surface area contributed by atoms with Gasteiger partial charge in [-0.2, -0.15) is 10.4 Å². The zero-order chi connectivity index (χ0) is 60.5. The van der Waals surface area contributed by atoms with Gasteiger partial charge in [0.1, 0.15) is 35.5 Å². The highest BCUT2D eigenvalue weighted by Gasteiger charge is 2.46. The summed E-state index contributed by atoms with van der Waals surface area (Å²) < 4.78 is 38.7. The lowest BCUT2D eigenvalue weighted by atomic mass is 9.85.